The zero-order valence-corrected chi connectivity index (χ0v) is 20.8. The number of nitrogens with zero attached hydrogens (tertiary/aromatic N) is 4. The van der Waals surface area contributed by atoms with Crippen LogP contribution in [0.3, 0.4) is 0 Å². The smallest absolute Gasteiger partial charge is 0.174 e. The highest BCUT2D eigenvalue weighted by molar-refractivity contribution is 7.80. The fourth-order valence-electron chi connectivity index (χ4n) is 4.59. The number of anilines is 2. The summed E-state index contributed by atoms with van der Waals surface area (Å²) in [6, 6.07) is 25.3. The second-order valence-electron chi connectivity index (χ2n) is 8.98. The van der Waals surface area contributed by atoms with Gasteiger partial charge in [0, 0.05) is 49.2 Å². The summed E-state index contributed by atoms with van der Waals surface area (Å²) in [5, 5.41) is 4.26. The predicted molar refractivity (Wildman–Crippen MR) is 144 cm³/mol. The maximum Gasteiger partial charge on any atom is 0.174 e. The molecule has 0 spiro atoms. The van der Waals surface area contributed by atoms with Gasteiger partial charge in [0.1, 0.15) is 6.04 Å². The van der Waals surface area contributed by atoms with E-state index in [0.717, 1.165) is 28.5 Å². The average Bonchev–Trinajstić information content (AvgIpc) is 3.45. The van der Waals surface area contributed by atoms with Gasteiger partial charge in [0.05, 0.1) is 11.7 Å². The highest BCUT2D eigenvalue weighted by Crippen LogP contribution is 2.42. The van der Waals surface area contributed by atoms with Gasteiger partial charge in [-0.05, 0) is 97.9 Å². The zero-order chi connectivity index (χ0) is 23.8. The average molecular weight is 468 g/mol. The van der Waals surface area contributed by atoms with Gasteiger partial charge in [-0.15, -0.1) is 0 Å². The van der Waals surface area contributed by atoms with Crippen LogP contribution in [0, 0.1) is 13.8 Å². The molecule has 1 aliphatic heterocycles. The van der Waals surface area contributed by atoms with Gasteiger partial charge in [-0.25, -0.2) is 0 Å². The lowest BCUT2D eigenvalue weighted by atomic mass is 10.0. The van der Waals surface area contributed by atoms with Crippen LogP contribution in [0.1, 0.15) is 34.6 Å². The van der Waals surface area contributed by atoms with Crippen molar-refractivity contribution in [2.24, 2.45) is 0 Å². The van der Waals surface area contributed by atoms with Crippen molar-refractivity contribution >= 4 is 28.7 Å². The van der Waals surface area contributed by atoms with Crippen LogP contribution in [-0.4, -0.2) is 28.8 Å². The molecule has 5 rings (SSSR count). The molecule has 5 nitrogen and oxygen atoms in total. The minimum Gasteiger partial charge on any atom is -0.378 e. The lowest BCUT2D eigenvalue weighted by Gasteiger charge is -2.29. The fourth-order valence-corrected chi connectivity index (χ4v) is 4.94. The molecular weight excluding hydrogens is 438 g/mol. The molecule has 2 atom stereocenters. The molecule has 2 aromatic heterocycles. The number of thiocarbonyl (C=S) groups is 1. The molecule has 0 amide bonds. The van der Waals surface area contributed by atoms with E-state index in [1.165, 1.54) is 11.1 Å². The molecule has 3 heterocycles. The van der Waals surface area contributed by atoms with E-state index < -0.39 is 0 Å². The molecule has 0 bridgehead atoms. The van der Waals surface area contributed by atoms with E-state index in [-0.39, 0.29) is 12.1 Å². The minimum atomic E-state index is -0.0811. The summed E-state index contributed by atoms with van der Waals surface area (Å²) in [6.45, 7) is 4.30. The summed E-state index contributed by atoms with van der Waals surface area (Å²) in [6.07, 6.45) is 3.97. The van der Waals surface area contributed by atoms with Crippen LogP contribution >= 0.6 is 12.2 Å². The minimum absolute atomic E-state index is 0.0655. The van der Waals surface area contributed by atoms with E-state index in [2.05, 4.69) is 105 Å². The van der Waals surface area contributed by atoms with Crippen molar-refractivity contribution in [1.82, 2.24) is 14.9 Å². The van der Waals surface area contributed by atoms with Crippen LogP contribution in [0.2, 0.25) is 0 Å². The molecule has 0 saturated carbocycles. The van der Waals surface area contributed by atoms with Crippen LogP contribution < -0.4 is 15.1 Å². The molecule has 1 saturated heterocycles. The number of hydrogen-bond acceptors (Lipinski definition) is 3. The summed E-state index contributed by atoms with van der Waals surface area (Å²) in [4.78, 5) is 9.01. The highest BCUT2D eigenvalue weighted by atomic mass is 32.1. The Morgan fingerprint density at radius 2 is 1.65 bits per heavy atom. The maximum absolute atomic E-state index is 5.90. The molecule has 1 fully saturated rings. The first-order valence-corrected chi connectivity index (χ1v) is 11.9. The van der Waals surface area contributed by atoms with Crippen molar-refractivity contribution in [2.75, 3.05) is 23.9 Å². The number of aromatic nitrogens is 2. The molecule has 6 heteroatoms. The quantitative estimate of drug-likeness (QED) is 0.379. The Labute approximate surface area is 206 Å². The first-order valence-electron chi connectivity index (χ1n) is 11.5. The molecule has 0 aliphatic carbocycles. The molecule has 1 aliphatic rings. The number of aryl methyl sites for hydroxylation is 2. The van der Waals surface area contributed by atoms with E-state index in [0.29, 0.717) is 5.11 Å². The molecule has 0 radical (unpaired) electrons. The van der Waals surface area contributed by atoms with Gasteiger partial charge in [-0.1, -0.05) is 12.1 Å². The Bertz CT molecular complexity index is 1310. The van der Waals surface area contributed by atoms with Crippen LogP contribution in [0.25, 0.3) is 5.69 Å². The SMILES string of the molecule is Cc1ccc(-n2cccc2[C@H]2[C@H](c3ccccn3)NC(=S)N2c2ccc(N(C)C)cc2)cc1C. The van der Waals surface area contributed by atoms with Crippen LogP contribution in [-0.2, 0) is 0 Å². The van der Waals surface area contributed by atoms with Crippen molar-refractivity contribution in [2.45, 2.75) is 25.9 Å². The van der Waals surface area contributed by atoms with Crippen molar-refractivity contribution in [3.05, 3.63) is 108 Å². The van der Waals surface area contributed by atoms with E-state index in [1.54, 1.807) is 0 Å². The van der Waals surface area contributed by atoms with E-state index >= 15 is 0 Å². The molecule has 34 heavy (non-hydrogen) atoms. The third-order valence-corrected chi connectivity index (χ3v) is 6.91. The normalized spacial score (nSPS) is 17.6. The number of nitrogens with one attached hydrogen (secondary N) is 1. The second kappa shape index (κ2) is 8.95. The summed E-state index contributed by atoms with van der Waals surface area (Å²) in [5.41, 5.74) is 8.03. The monoisotopic (exact) mass is 467 g/mol. The Morgan fingerprint density at radius 3 is 2.32 bits per heavy atom. The lowest BCUT2D eigenvalue weighted by Crippen LogP contribution is -2.30. The Kier molecular flexibility index (Phi) is 5.84. The Morgan fingerprint density at radius 1 is 0.882 bits per heavy atom. The van der Waals surface area contributed by atoms with Crippen molar-refractivity contribution in [3.8, 4) is 5.69 Å². The summed E-state index contributed by atoms with van der Waals surface area (Å²) in [5.74, 6) is 0. The molecule has 1 N–H and O–H groups in total. The highest BCUT2D eigenvalue weighted by Gasteiger charge is 2.42. The zero-order valence-electron chi connectivity index (χ0n) is 19.9. The number of pyridine rings is 1. The third kappa shape index (κ3) is 3.94. The lowest BCUT2D eigenvalue weighted by molar-refractivity contribution is 0.549. The first kappa shape index (κ1) is 22.2. The third-order valence-electron chi connectivity index (χ3n) is 6.59. The number of hydrogen-bond donors (Lipinski definition) is 1. The van der Waals surface area contributed by atoms with Gasteiger partial charge in [0.2, 0.25) is 0 Å². The topological polar surface area (TPSA) is 36.3 Å². The first-order chi connectivity index (χ1) is 16.4. The standard InChI is InChI=1S/C28H29N5S/c1-19-10-11-23(18-20(19)2)32-17-7-9-25(32)27-26(24-8-5-6-16-29-24)30-28(34)33(27)22-14-12-21(13-15-22)31(3)4/h5-18,26-27H,1-4H3,(H,30,34)/t26-,27-/m0/s1. The van der Waals surface area contributed by atoms with Crippen molar-refractivity contribution in [1.29, 1.82) is 0 Å². The summed E-state index contributed by atoms with van der Waals surface area (Å²) < 4.78 is 2.27. The van der Waals surface area contributed by atoms with E-state index in [4.69, 9.17) is 12.2 Å². The molecule has 4 aromatic rings. The predicted octanol–water partition coefficient (Wildman–Crippen LogP) is 5.73. The summed E-state index contributed by atoms with van der Waals surface area (Å²) >= 11 is 5.90. The van der Waals surface area contributed by atoms with Crippen LogP contribution in [0.4, 0.5) is 11.4 Å². The van der Waals surface area contributed by atoms with Crippen molar-refractivity contribution < 1.29 is 0 Å². The Hall–Kier alpha value is -3.64. The molecule has 0 unspecified atom stereocenters. The Balaban J connectivity index is 1.64. The van der Waals surface area contributed by atoms with Gasteiger partial charge in [-0.3, -0.25) is 4.98 Å². The maximum atomic E-state index is 5.90. The van der Waals surface area contributed by atoms with Gasteiger partial charge in [0.25, 0.3) is 0 Å². The molecular formula is C28H29N5S. The largest absolute Gasteiger partial charge is 0.378 e. The van der Waals surface area contributed by atoms with Gasteiger partial charge >= 0.3 is 0 Å². The van der Waals surface area contributed by atoms with Gasteiger partial charge in [0.15, 0.2) is 5.11 Å². The molecule has 2 aromatic carbocycles. The summed E-state index contributed by atoms with van der Waals surface area (Å²) in [7, 11) is 4.10. The van der Waals surface area contributed by atoms with Gasteiger partial charge in [-0.2, -0.15) is 0 Å². The second-order valence-corrected chi connectivity index (χ2v) is 9.37. The number of benzene rings is 2. The van der Waals surface area contributed by atoms with E-state index in [9.17, 15) is 0 Å². The fraction of sp³-hybridized carbons (Fsp3) is 0.214. The van der Waals surface area contributed by atoms with E-state index in [1.807, 2.05) is 32.4 Å². The van der Waals surface area contributed by atoms with Gasteiger partial charge < -0.3 is 19.7 Å². The number of rotatable bonds is 5. The van der Waals surface area contributed by atoms with Crippen molar-refractivity contribution in [3.63, 3.8) is 0 Å². The van der Waals surface area contributed by atoms with Crippen LogP contribution in [0.5, 0.6) is 0 Å². The molecule has 172 valence electrons. The van der Waals surface area contributed by atoms with Crippen LogP contribution in [0.15, 0.2) is 85.2 Å².